The molecule has 0 aliphatic rings. The molecule has 0 bridgehead atoms. The Kier molecular flexibility index (Phi) is 3.76. The molecule has 0 aromatic heterocycles. The van der Waals surface area contributed by atoms with Crippen molar-refractivity contribution in [3.63, 3.8) is 0 Å². The van der Waals surface area contributed by atoms with Gasteiger partial charge in [-0.1, -0.05) is 6.58 Å². The molecular weight excluding hydrogens is 100 g/mol. The Morgan fingerprint density at radius 3 is 2.50 bits per heavy atom. The van der Waals surface area contributed by atoms with Crippen LogP contribution in [-0.4, -0.2) is 19.5 Å². The molecule has 0 spiro atoms. The highest BCUT2D eigenvalue weighted by molar-refractivity contribution is 6.16. The van der Waals surface area contributed by atoms with Gasteiger partial charge in [0.2, 0.25) is 0 Å². The van der Waals surface area contributed by atoms with Gasteiger partial charge in [-0.15, -0.1) is 0 Å². The van der Waals surface area contributed by atoms with Gasteiger partial charge >= 0.3 is 0 Å². The summed E-state index contributed by atoms with van der Waals surface area (Å²) in [6, 6.07) is 0. The molecule has 2 nitrogen and oxygen atoms in total. The third kappa shape index (κ3) is 5.08. The van der Waals surface area contributed by atoms with E-state index in [4.69, 9.17) is 0 Å². The molecule has 0 atom stereocenters. The lowest BCUT2D eigenvalue weighted by atomic mass is 10.6. The molecule has 0 aromatic carbocycles. The zero-order valence-corrected chi connectivity index (χ0v) is 5.26. The van der Waals surface area contributed by atoms with Crippen molar-refractivity contribution in [2.24, 2.45) is 9.98 Å². The number of hydrogen-bond donors (Lipinski definition) is 0. The first kappa shape index (κ1) is 7.08. The van der Waals surface area contributed by atoms with Gasteiger partial charge in [0.05, 0.1) is 0 Å². The van der Waals surface area contributed by atoms with Crippen LogP contribution in [0.15, 0.2) is 22.3 Å². The fraction of sp³-hybridized carbons (Fsp3) is 0.333. The van der Waals surface area contributed by atoms with Gasteiger partial charge < -0.3 is 0 Å². The van der Waals surface area contributed by atoms with Crippen molar-refractivity contribution in [3.8, 4) is 0 Å². The van der Waals surface area contributed by atoms with Gasteiger partial charge in [-0.25, -0.2) is 0 Å². The van der Waals surface area contributed by atoms with Crippen molar-refractivity contribution in [2.75, 3.05) is 7.05 Å². The number of rotatable bonds is 2. The first-order valence-electron chi connectivity index (χ1n) is 2.37. The summed E-state index contributed by atoms with van der Waals surface area (Å²) in [6.45, 7) is 5.40. The highest BCUT2D eigenvalue weighted by atomic mass is 14.7. The summed E-state index contributed by atoms with van der Waals surface area (Å²) in [5, 5.41) is 0. The second-order valence-electron chi connectivity index (χ2n) is 1.42. The van der Waals surface area contributed by atoms with Gasteiger partial charge in [0.25, 0.3) is 0 Å². The average molecular weight is 110 g/mol. The first-order chi connectivity index (χ1) is 3.77. The van der Waals surface area contributed by atoms with Crippen molar-refractivity contribution in [3.05, 3.63) is 12.3 Å². The Labute approximate surface area is 49.7 Å². The molecular formula is C6H10N2. The van der Waals surface area contributed by atoms with Crippen molar-refractivity contribution in [1.82, 2.24) is 0 Å². The quantitative estimate of drug-likeness (QED) is 0.478. The molecule has 0 aliphatic carbocycles. The van der Waals surface area contributed by atoms with E-state index in [1.54, 1.807) is 19.5 Å². The maximum absolute atomic E-state index is 3.85. The Morgan fingerprint density at radius 2 is 2.12 bits per heavy atom. The minimum absolute atomic E-state index is 0.796. The van der Waals surface area contributed by atoms with Gasteiger partial charge in [-0.2, -0.15) is 0 Å². The van der Waals surface area contributed by atoms with Crippen molar-refractivity contribution >= 4 is 12.4 Å². The Hall–Kier alpha value is -0.920. The molecule has 0 saturated carbocycles. The minimum atomic E-state index is 0.796. The van der Waals surface area contributed by atoms with Crippen LogP contribution in [0.2, 0.25) is 0 Å². The predicted octanol–water partition coefficient (Wildman–Crippen LogP) is 1.29. The van der Waals surface area contributed by atoms with Crippen LogP contribution in [-0.2, 0) is 0 Å². The summed E-state index contributed by atoms with van der Waals surface area (Å²) in [7, 11) is 1.70. The Morgan fingerprint density at radius 1 is 1.50 bits per heavy atom. The zero-order valence-electron chi connectivity index (χ0n) is 5.26. The van der Waals surface area contributed by atoms with Crippen LogP contribution in [0.5, 0.6) is 0 Å². The second-order valence-corrected chi connectivity index (χ2v) is 1.42. The number of aliphatic imine (C=N–C) groups is 2. The Balaban J connectivity index is 3.50. The summed E-state index contributed by atoms with van der Waals surface area (Å²) >= 11 is 0. The molecule has 0 radical (unpaired) electrons. The molecule has 0 aromatic rings. The molecule has 0 unspecified atom stereocenters. The van der Waals surface area contributed by atoms with Crippen LogP contribution in [0.4, 0.5) is 0 Å². The molecule has 0 fully saturated rings. The van der Waals surface area contributed by atoms with Crippen LogP contribution >= 0.6 is 0 Å². The van der Waals surface area contributed by atoms with E-state index in [2.05, 4.69) is 16.6 Å². The van der Waals surface area contributed by atoms with E-state index >= 15 is 0 Å². The van der Waals surface area contributed by atoms with E-state index in [-0.39, 0.29) is 0 Å². The van der Waals surface area contributed by atoms with E-state index in [0.717, 1.165) is 5.70 Å². The van der Waals surface area contributed by atoms with Gasteiger partial charge in [-0.05, 0) is 6.92 Å². The third-order valence-electron chi connectivity index (χ3n) is 0.511. The van der Waals surface area contributed by atoms with E-state index in [1.807, 2.05) is 6.92 Å². The minimum Gasteiger partial charge on any atom is -0.295 e. The SMILES string of the molecule is C=C(C)/N=C\C=N/C. The number of allylic oxidation sites excluding steroid dienone is 1. The normalized spacial score (nSPS) is 11.2. The summed E-state index contributed by atoms with van der Waals surface area (Å²) in [5.74, 6) is 0. The fourth-order valence-corrected chi connectivity index (χ4v) is 0.227. The lowest BCUT2D eigenvalue weighted by Crippen LogP contribution is -1.73. The highest BCUT2D eigenvalue weighted by Crippen LogP contribution is 1.82. The molecule has 0 amide bonds. The van der Waals surface area contributed by atoms with Crippen molar-refractivity contribution in [1.29, 1.82) is 0 Å². The molecule has 0 heterocycles. The van der Waals surface area contributed by atoms with E-state index in [0.29, 0.717) is 0 Å². The standard InChI is InChI=1S/C6H10N2/c1-6(2)8-5-4-7-3/h4-5H,1H2,2-3H3/b7-4-,8-5-. The molecule has 0 aliphatic heterocycles. The van der Waals surface area contributed by atoms with Crippen LogP contribution in [0, 0.1) is 0 Å². The van der Waals surface area contributed by atoms with Crippen molar-refractivity contribution in [2.45, 2.75) is 6.92 Å². The van der Waals surface area contributed by atoms with Crippen LogP contribution in [0.1, 0.15) is 6.92 Å². The smallest absolute Gasteiger partial charge is 0.0449 e. The molecule has 44 valence electrons. The first-order valence-corrected chi connectivity index (χ1v) is 2.37. The molecule has 0 rings (SSSR count). The highest BCUT2D eigenvalue weighted by Gasteiger charge is 1.67. The maximum Gasteiger partial charge on any atom is 0.0449 e. The summed E-state index contributed by atoms with van der Waals surface area (Å²) in [4.78, 5) is 7.54. The molecule has 2 heteroatoms. The van der Waals surface area contributed by atoms with Gasteiger partial charge in [-0.3, -0.25) is 9.98 Å². The number of nitrogens with zero attached hydrogens (tertiary/aromatic N) is 2. The Bertz CT molecular complexity index is 122. The summed E-state index contributed by atoms with van der Waals surface area (Å²) < 4.78 is 0. The largest absolute Gasteiger partial charge is 0.295 e. The monoisotopic (exact) mass is 110 g/mol. The van der Waals surface area contributed by atoms with E-state index in [1.165, 1.54) is 0 Å². The fourth-order valence-electron chi connectivity index (χ4n) is 0.227. The summed E-state index contributed by atoms with van der Waals surface area (Å²) in [6.07, 6.45) is 3.23. The van der Waals surface area contributed by atoms with Crippen molar-refractivity contribution < 1.29 is 0 Å². The zero-order chi connectivity index (χ0) is 6.41. The molecule has 8 heavy (non-hydrogen) atoms. The summed E-state index contributed by atoms with van der Waals surface area (Å²) in [5.41, 5.74) is 0.796. The van der Waals surface area contributed by atoms with Gasteiger partial charge in [0.15, 0.2) is 0 Å². The second kappa shape index (κ2) is 4.24. The number of hydrogen-bond acceptors (Lipinski definition) is 2. The third-order valence-corrected chi connectivity index (χ3v) is 0.511. The topological polar surface area (TPSA) is 24.7 Å². The molecule has 0 saturated heterocycles. The lowest BCUT2D eigenvalue weighted by molar-refractivity contribution is 1.34. The van der Waals surface area contributed by atoms with Crippen LogP contribution in [0.25, 0.3) is 0 Å². The lowest BCUT2D eigenvalue weighted by Gasteiger charge is -1.78. The average Bonchev–Trinajstić information content (AvgIpc) is 1.66. The van der Waals surface area contributed by atoms with Gasteiger partial charge in [0, 0.05) is 25.2 Å². The predicted molar refractivity (Wildman–Crippen MR) is 37.7 cm³/mol. The van der Waals surface area contributed by atoms with Gasteiger partial charge in [0.1, 0.15) is 0 Å². The molecule has 0 N–H and O–H groups in total. The van der Waals surface area contributed by atoms with Crippen LogP contribution in [0.3, 0.4) is 0 Å². The van der Waals surface area contributed by atoms with Crippen LogP contribution < -0.4 is 0 Å². The van der Waals surface area contributed by atoms with E-state index < -0.39 is 0 Å². The maximum atomic E-state index is 3.85. The van der Waals surface area contributed by atoms with E-state index in [9.17, 15) is 0 Å².